The molecule has 1 N–H and O–H groups in total. The molecule has 0 aliphatic rings. The van der Waals surface area contributed by atoms with Crippen LogP contribution in [0.1, 0.15) is 36.6 Å². The van der Waals surface area contributed by atoms with Crippen LogP contribution in [0.25, 0.3) is 0 Å². The van der Waals surface area contributed by atoms with E-state index in [2.05, 4.69) is 10.5 Å². The van der Waals surface area contributed by atoms with Crippen molar-refractivity contribution >= 4 is 47.3 Å². The third kappa shape index (κ3) is 7.44. The van der Waals surface area contributed by atoms with Gasteiger partial charge in [0.2, 0.25) is 0 Å². The molecule has 4 aromatic carbocycles. The standard InChI is InChI=1S/C29H20Cl2N2O6/c1-37-24-4-2-3-20(15-24)27(34)33-32-17-21-9-14-25(38-28(35)18-5-10-22(30)11-6-18)16-26(21)39-29(36)19-7-12-23(31)13-8-19/h2-17H,1H3,(H,33,34). The summed E-state index contributed by atoms with van der Waals surface area (Å²) >= 11 is 11.8. The fourth-order valence-corrected chi connectivity index (χ4v) is 3.51. The Hall–Kier alpha value is -4.66. The molecule has 8 nitrogen and oxygen atoms in total. The van der Waals surface area contributed by atoms with Gasteiger partial charge in [-0.15, -0.1) is 0 Å². The van der Waals surface area contributed by atoms with Crippen molar-refractivity contribution < 1.29 is 28.6 Å². The SMILES string of the molecule is COc1cccc(C(=O)NN=Cc2ccc(OC(=O)c3ccc(Cl)cc3)cc2OC(=O)c2ccc(Cl)cc2)c1. The minimum atomic E-state index is -0.678. The summed E-state index contributed by atoms with van der Waals surface area (Å²) < 4.78 is 16.2. The summed E-state index contributed by atoms with van der Waals surface area (Å²) in [6, 6.07) is 23.3. The van der Waals surface area contributed by atoms with Gasteiger partial charge >= 0.3 is 11.9 Å². The number of esters is 2. The number of rotatable bonds is 8. The summed E-state index contributed by atoms with van der Waals surface area (Å²) in [7, 11) is 1.50. The van der Waals surface area contributed by atoms with Gasteiger partial charge in [-0.3, -0.25) is 4.79 Å². The van der Waals surface area contributed by atoms with E-state index in [1.165, 1.54) is 55.8 Å². The van der Waals surface area contributed by atoms with Crippen molar-refractivity contribution in [1.29, 1.82) is 0 Å². The Labute approximate surface area is 233 Å². The van der Waals surface area contributed by atoms with Crippen LogP contribution in [-0.4, -0.2) is 31.2 Å². The van der Waals surface area contributed by atoms with Gasteiger partial charge in [0.25, 0.3) is 5.91 Å². The molecule has 0 radical (unpaired) electrons. The van der Waals surface area contributed by atoms with Gasteiger partial charge in [0.1, 0.15) is 17.2 Å². The van der Waals surface area contributed by atoms with E-state index in [1.807, 2.05) is 0 Å². The van der Waals surface area contributed by atoms with Crippen LogP contribution in [0.3, 0.4) is 0 Å². The molecule has 0 fully saturated rings. The minimum absolute atomic E-state index is 0.0377. The molecule has 0 spiro atoms. The summed E-state index contributed by atoms with van der Waals surface area (Å²) in [5, 5.41) is 4.92. The van der Waals surface area contributed by atoms with Crippen molar-refractivity contribution in [2.75, 3.05) is 7.11 Å². The van der Waals surface area contributed by atoms with Crippen molar-refractivity contribution in [1.82, 2.24) is 5.43 Å². The topological polar surface area (TPSA) is 103 Å². The molecular formula is C29H20Cl2N2O6. The van der Waals surface area contributed by atoms with Gasteiger partial charge in [-0.25, -0.2) is 15.0 Å². The lowest BCUT2D eigenvalue weighted by molar-refractivity contribution is 0.0732. The van der Waals surface area contributed by atoms with Gasteiger partial charge in [-0.1, -0.05) is 29.3 Å². The molecule has 0 atom stereocenters. The fraction of sp³-hybridized carbons (Fsp3) is 0.0345. The number of hydrazone groups is 1. The molecule has 0 saturated heterocycles. The summed E-state index contributed by atoms with van der Waals surface area (Å²) in [5.74, 6) is -1.11. The molecule has 39 heavy (non-hydrogen) atoms. The second-order valence-corrected chi connectivity index (χ2v) is 8.80. The summed E-state index contributed by atoms with van der Waals surface area (Å²) in [6.45, 7) is 0. The number of amides is 1. The highest BCUT2D eigenvalue weighted by atomic mass is 35.5. The summed E-state index contributed by atoms with van der Waals surface area (Å²) in [6.07, 6.45) is 1.30. The molecule has 0 bridgehead atoms. The first-order valence-electron chi connectivity index (χ1n) is 11.4. The van der Waals surface area contributed by atoms with Gasteiger partial charge < -0.3 is 14.2 Å². The minimum Gasteiger partial charge on any atom is -0.497 e. The van der Waals surface area contributed by atoms with Crippen LogP contribution < -0.4 is 19.6 Å². The monoisotopic (exact) mass is 562 g/mol. The van der Waals surface area contributed by atoms with Crippen molar-refractivity contribution in [2.45, 2.75) is 0 Å². The Morgan fingerprint density at radius 2 is 1.33 bits per heavy atom. The van der Waals surface area contributed by atoms with E-state index >= 15 is 0 Å². The molecule has 0 aliphatic heterocycles. The van der Waals surface area contributed by atoms with Crippen LogP contribution in [0.2, 0.25) is 10.0 Å². The molecule has 0 aliphatic carbocycles. The third-order valence-electron chi connectivity index (χ3n) is 5.26. The van der Waals surface area contributed by atoms with Crippen molar-refractivity contribution in [2.24, 2.45) is 5.10 Å². The zero-order valence-electron chi connectivity index (χ0n) is 20.4. The number of hydrogen-bond acceptors (Lipinski definition) is 7. The molecule has 4 rings (SSSR count). The van der Waals surface area contributed by atoms with Gasteiger partial charge in [0.05, 0.1) is 24.5 Å². The molecule has 0 heterocycles. The number of ether oxygens (including phenoxy) is 3. The van der Waals surface area contributed by atoms with Crippen LogP contribution >= 0.6 is 23.2 Å². The van der Waals surface area contributed by atoms with Gasteiger partial charge in [-0.05, 0) is 78.9 Å². The maximum Gasteiger partial charge on any atom is 0.343 e. The van der Waals surface area contributed by atoms with Crippen LogP contribution in [0.5, 0.6) is 17.2 Å². The highest BCUT2D eigenvalue weighted by Crippen LogP contribution is 2.26. The van der Waals surface area contributed by atoms with Gasteiger partial charge in [0, 0.05) is 27.2 Å². The molecule has 10 heteroatoms. The lowest BCUT2D eigenvalue weighted by Crippen LogP contribution is -2.17. The predicted molar refractivity (Wildman–Crippen MR) is 147 cm³/mol. The largest absolute Gasteiger partial charge is 0.497 e. The molecule has 0 unspecified atom stereocenters. The number of nitrogens with zero attached hydrogens (tertiary/aromatic N) is 1. The zero-order chi connectivity index (χ0) is 27.8. The van der Waals surface area contributed by atoms with Crippen LogP contribution in [0, 0.1) is 0 Å². The highest BCUT2D eigenvalue weighted by Gasteiger charge is 2.15. The van der Waals surface area contributed by atoms with Gasteiger partial charge in [-0.2, -0.15) is 5.10 Å². The second-order valence-electron chi connectivity index (χ2n) is 7.92. The Morgan fingerprint density at radius 3 is 1.95 bits per heavy atom. The van der Waals surface area contributed by atoms with Crippen LogP contribution in [-0.2, 0) is 0 Å². The van der Waals surface area contributed by atoms with Crippen molar-refractivity contribution in [3.05, 3.63) is 123 Å². The predicted octanol–water partition coefficient (Wildman–Crippen LogP) is 6.20. The molecule has 1 amide bonds. The number of benzene rings is 4. The maximum absolute atomic E-state index is 12.8. The fourth-order valence-electron chi connectivity index (χ4n) is 3.26. The van der Waals surface area contributed by atoms with Crippen molar-refractivity contribution in [3.8, 4) is 17.2 Å². The average Bonchev–Trinajstić information content (AvgIpc) is 2.94. The molecule has 196 valence electrons. The van der Waals surface area contributed by atoms with Gasteiger partial charge in [0.15, 0.2) is 0 Å². The van der Waals surface area contributed by atoms with E-state index in [-0.39, 0.29) is 22.6 Å². The summed E-state index contributed by atoms with van der Waals surface area (Å²) in [4.78, 5) is 37.8. The highest BCUT2D eigenvalue weighted by molar-refractivity contribution is 6.31. The van der Waals surface area contributed by atoms with Crippen LogP contribution in [0.15, 0.2) is 96.1 Å². The first-order valence-corrected chi connectivity index (χ1v) is 12.1. The van der Waals surface area contributed by atoms with E-state index in [0.29, 0.717) is 26.9 Å². The van der Waals surface area contributed by atoms with Crippen molar-refractivity contribution in [3.63, 3.8) is 0 Å². The van der Waals surface area contributed by atoms with E-state index < -0.39 is 17.8 Å². The molecule has 0 aromatic heterocycles. The normalized spacial score (nSPS) is 10.6. The lowest BCUT2D eigenvalue weighted by Gasteiger charge is -2.11. The molecule has 0 saturated carbocycles. The van der Waals surface area contributed by atoms with E-state index in [4.69, 9.17) is 37.4 Å². The first kappa shape index (κ1) is 27.4. The first-order chi connectivity index (χ1) is 18.8. The number of carbonyl (C=O) groups is 3. The smallest absolute Gasteiger partial charge is 0.343 e. The lowest BCUT2D eigenvalue weighted by atomic mass is 10.2. The van der Waals surface area contributed by atoms with E-state index in [0.717, 1.165) is 0 Å². The number of halogens is 2. The number of nitrogens with one attached hydrogen (secondary N) is 1. The zero-order valence-corrected chi connectivity index (χ0v) is 21.9. The average molecular weight is 563 g/mol. The Bertz CT molecular complexity index is 1540. The Balaban J connectivity index is 1.56. The Morgan fingerprint density at radius 1 is 0.718 bits per heavy atom. The second kappa shape index (κ2) is 12.7. The Kier molecular flexibility index (Phi) is 8.94. The number of hydrogen-bond donors (Lipinski definition) is 1. The van der Waals surface area contributed by atoms with Crippen LogP contribution in [0.4, 0.5) is 0 Å². The maximum atomic E-state index is 12.8. The third-order valence-corrected chi connectivity index (χ3v) is 5.76. The quantitative estimate of drug-likeness (QED) is 0.118. The number of methoxy groups -OCH3 is 1. The molecular weight excluding hydrogens is 543 g/mol. The number of carbonyl (C=O) groups excluding carboxylic acids is 3. The summed E-state index contributed by atoms with van der Waals surface area (Å²) in [5.41, 5.74) is 3.61. The van der Waals surface area contributed by atoms with E-state index in [1.54, 1.807) is 48.5 Å². The van der Waals surface area contributed by atoms with E-state index in [9.17, 15) is 14.4 Å². The molecule has 4 aromatic rings.